The van der Waals surface area contributed by atoms with Gasteiger partial charge >= 0.3 is 0 Å². The molecule has 0 aliphatic rings. The Morgan fingerprint density at radius 1 is 1.16 bits per heavy atom. The summed E-state index contributed by atoms with van der Waals surface area (Å²) in [5.74, 6) is 0. The molecule has 110 valence electrons. The van der Waals surface area contributed by atoms with Gasteiger partial charge in [-0.1, -0.05) is 53.4 Å². The van der Waals surface area contributed by atoms with Gasteiger partial charge in [0.2, 0.25) is 0 Å². The summed E-state index contributed by atoms with van der Waals surface area (Å²) >= 11 is 1.95. The van der Waals surface area contributed by atoms with Crippen molar-refractivity contribution in [3.05, 3.63) is 21.9 Å². The molecule has 0 saturated heterocycles. The molecule has 0 spiro atoms. The molecule has 1 rings (SSSR count). The fraction of sp³-hybridized carbons (Fsp3) is 0.765. The van der Waals surface area contributed by atoms with Crippen molar-refractivity contribution in [3.8, 4) is 0 Å². The number of nitrogens with one attached hydrogen (secondary N) is 1. The van der Waals surface area contributed by atoms with E-state index >= 15 is 0 Å². The Morgan fingerprint density at radius 3 is 2.47 bits per heavy atom. The molecule has 0 saturated carbocycles. The molecule has 0 radical (unpaired) electrons. The summed E-state index contributed by atoms with van der Waals surface area (Å²) in [5, 5.41) is 3.65. The smallest absolute Gasteiger partial charge is 0.0302 e. The first-order valence-corrected chi connectivity index (χ1v) is 8.57. The number of unbranched alkanes of at least 4 members (excludes halogenated alkanes) is 3. The minimum atomic E-state index is 0.286. The van der Waals surface area contributed by atoms with Gasteiger partial charge in [0, 0.05) is 22.3 Å². The predicted octanol–water partition coefficient (Wildman–Crippen LogP) is 5.49. The van der Waals surface area contributed by atoms with E-state index in [1.807, 2.05) is 11.3 Å². The first-order valence-electron chi connectivity index (χ1n) is 7.76. The summed E-state index contributed by atoms with van der Waals surface area (Å²) in [7, 11) is 0. The second kappa shape index (κ2) is 8.06. The van der Waals surface area contributed by atoms with Crippen LogP contribution in [-0.2, 0) is 12.0 Å². The molecule has 1 N–H and O–H groups in total. The maximum absolute atomic E-state index is 3.65. The van der Waals surface area contributed by atoms with Gasteiger partial charge in [0.05, 0.1) is 0 Å². The van der Waals surface area contributed by atoms with Crippen LogP contribution < -0.4 is 5.32 Å². The topological polar surface area (TPSA) is 12.0 Å². The Hall–Kier alpha value is -0.340. The molecule has 0 aliphatic heterocycles. The number of rotatable bonds is 8. The molecule has 1 nitrogen and oxygen atoms in total. The number of hydrogen-bond donors (Lipinski definition) is 1. The Kier molecular flexibility index (Phi) is 7.09. The molecular weight excluding hydrogens is 250 g/mol. The normalized spacial score (nSPS) is 13.7. The highest BCUT2D eigenvalue weighted by Gasteiger charge is 2.15. The van der Waals surface area contributed by atoms with E-state index < -0.39 is 0 Å². The Bertz CT molecular complexity index is 348. The van der Waals surface area contributed by atoms with Gasteiger partial charge in [-0.15, -0.1) is 11.3 Å². The summed E-state index contributed by atoms with van der Waals surface area (Å²) in [6.45, 7) is 12.5. The largest absolute Gasteiger partial charge is 0.309 e. The van der Waals surface area contributed by atoms with Gasteiger partial charge in [-0.25, -0.2) is 0 Å². The number of thiophene rings is 1. The Labute approximate surface area is 123 Å². The molecule has 1 atom stereocenters. The first kappa shape index (κ1) is 16.7. The molecule has 0 aromatic carbocycles. The van der Waals surface area contributed by atoms with E-state index in [0.29, 0.717) is 6.04 Å². The van der Waals surface area contributed by atoms with Crippen LogP contribution in [0.15, 0.2) is 12.1 Å². The van der Waals surface area contributed by atoms with E-state index in [4.69, 9.17) is 0 Å². The van der Waals surface area contributed by atoms with E-state index in [2.05, 4.69) is 52.1 Å². The summed E-state index contributed by atoms with van der Waals surface area (Å²) in [6, 6.07) is 5.20. The maximum atomic E-state index is 3.65. The fourth-order valence-corrected chi connectivity index (χ4v) is 3.15. The molecule has 1 unspecified atom stereocenters. The predicted molar refractivity (Wildman–Crippen MR) is 88.1 cm³/mol. The van der Waals surface area contributed by atoms with Gasteiger partial charge < -0.3 is 5.32 Å². The van der Waals surface area contributed by atoms with E-state index in [-0.39, 0.29) is 5.41 Å². The van der Waals surface area contributed by atoms with Crippen molar-refractivity contribution in [1.29, 1.82) is 0 Å². The van der Waals surface area contributed by atoms with Crippen LogP contribution >= 0.6 is 11.3 Å². The molecule has 0 fully saturated rings. The average molecular weight is 282 g/mol. The van der Waals surface area contributed by atoms with E-state index in [9.17, 15) is 0 Å². The van der Waals surface area contributed by atoms with Crippen molar-refractivity contribution in [1.82, 2.24) is 5.32 Å². The Balaban J connectivity index is 2.26. The van der Waals surface area contributed by atoms with Crippen LogP contribution in [0.1, 0.15) is 76.5 Å². The SMILES string of the molecule is CCCCCCC(C)NCc1ccc(C(C)(C)C)s1. The zero-order valence-corrected chi connectivity index (χ0v) is 14.2. The Morgan fingerprint density at radius 2 is 1.89 bits per heavy atom. The number of hydrogen-bond acceptors (Lipinski definition) is 2. The van der Waals surface area contributed by atoms with Gasteiger partial charge in [0.25, 0.3) is 0 Å². The molecular formula is C17H31NS. The van der Waals surface area contributed by atoms with Crippen LogP contribution in [0.25, 0.3) is 0 Å². The van der Waals surface area contributed by atoms with Gasteiger partial charge in [-0.2, -0.15) is 0 Å². The van der Waals surface area contributed by atoms with Crippen molar-refractivity contribution in [2.24, 2.45) is 0 Å². The highest BCUT2D eigenvalue weighted by atomic mass is 32.1. The minimum absolute atomic E-state index is 0.286. The van der Waals surface area contributed by atoms with Crippen LogP contribution in [0.4, 0.5) is 0 Å². The highest BCUT2D eigenvalue weighted by Crippen LogP contribution is 2.29. The van der Waals surface area contributed by atoms with Crippen LogP contribution in [0.3, 0.4) is 0 Å². The van der Waals surface area contributed by atoms with Crippen molar-refractivity contribution < 1.29 is 0 Å². The van der Waals surface area contributed by atoms with Gasteiger partial charge in [-0.05, 0) is 30.9 Å². The zero-order valence-electron chi connectivity index (χ0n) is 13.4. The second-order valence-corrected chi connectivity index (χ2v) is 7.82. The van der Waals surface area contributed by atoms with Crippen molar-refractivity contribution in [2.45, 2.75) is 84.7 Å². The summed E-state index contributed by atoms with van der Waals surface area (Å²) in [6.07, 6.45) is 6.76. The van der Waals surface area contributed by atoms with Gasteiger partial charge in [0.15, 0.2) is 0 Å². The average Bonchev–Trinajstić information content (AvgIpc) is 2.81. The lowest BCUT2D eigenvalue weighted by Gasteiger charge is -2.15. The fourth-order valence-electron chi connectivity index (χ4n) is 2.13. The van der Waals surface area contributed by atoms with Crippen molar-refractivity contribution in [3.63, 3.8) is 0 Å². The van der Waals surface area contributed by atoms with Crippen molar-refractivity contribution >= 4 is 11.3 Å². The zero-order chi connectivity index (χ0) is 14.3. The third kappa shape index (κ3) is 6.58. The van der Waals surface area contributed by atoms with Crippen LogP contribution in [0.2, 0.25) is 0 Å². The lowest BCUT2D eigenvalue weighted by Crippen LogP contribution is -2.24. The van der Waals surface area contributed by atoms with Gasteiger partial charge in [-0.3, -0.25) is 0 Å². The van der Waals surface area contributed by atoms with Crippen LogP contribution in [0.5, 0.6) is 0 Å². The monoisotopic (exact) mass is 281 g/mol. The third-order valence-electron chi connectivity index (χ3n) is 3.52. The summed E-state index contributed by atoms with van der Waals surface area (Å²) in [5.41, 5.74) is 0.286. The lowest BCUT2D eigenvalue weighted by atomic mass is 9.95. The summed E-state index contributed by atoms with van der Waals surface area (Å²) in [4.78, 5) is 2.95. The molecule has 0 bridgehead atoms. The second-order valence-electron chi connectivity index (χ2n) is 6.65. The maximum Gasteiger partial charge on any atom is 0.0302 e. The minimum Gasteiger partial charge on any atom is -0.309 e. The van der Waals surface area contributed by atoms with Crippen LogP contribution in [-0.4, -0.2) is 6.04 Å². The molecule has 2 heteroatoms. The highest BCUT2D eigenvalue weighted by molar-refractivity contribution is 7.12. The molecule has 1 heterocycles. The third-order valence-corrected chi connectivity index (χ3v) is 5.03. The first-order chi connectivity index (χ1) is 8.93. The van der Waals surface area contributed by atoms with Crippen molar-refractivity contribution in [2.75, 3.05) is 0 Å². The quantitative estimate of drug-likeness (QED) is 0.621. The van der Waals surface area contributed by atoms with E-state index in [1.54, 1.807) is 0 Å². The lowest BCUT2D eigenvalue weighted by molar-refractivity contribution is 0.484. The van der Waals surface area contributed by atoms with E-state index in [1.165, 1.54) is 41.9 Å². The molecule has 0 aliphatic carbocycles. The summed E-state index contributed by atoms with van der Waals surface area (Å²) < 4.78 is 0. The molecule has 19 heavy (non-hydrogen) atoms. The molecule has 0 amide bonds. The van der Waals surface area contributed by atoms with Gasteiger partial charge in [0.1, 0.15) is 0 Å². The molecule has 1 aromatic rings. The van der Waals surface area contributed by atoms with E-state index in [0.717, 1.165) is 6.54 Å². The standard InChI is InChI=1S/C17H31NS/c1-6-7-8-9-10-14(2)18-13-15-11-12-16(19-15)17(3,4)5/h11-12,14,18H,6-10,13H2,1-5H3. The van der Waals surface area contributed by atoms with Crippen LogP contribution in [0, 0.1) is 0 Å². The molecule has 1 aromatic heterocycles.